The van der Waals surface area contributed by atoms with E-state index in [0.29, 0.717) is 24.0 Å². The Kier molecular flexibility index (Phi) is 8.53. The van der Waals surface area contributed by atoms with E-state index in [4.69, 9.17) is 4.74 Å². The zero-order chi connectivity index (χ0) is 26.8. The zero-order valence-corrected chi connectivity index (χ0v) is 24.1. The Balaban J connectivity index is 1.20. The topological polar surface area (TPSA) is 89.4 Å². The van der Waals surface area contributed by atoms with E-state index in [0.717, 1.165) is 63.1 Å². The number of carbonyl (C=O) groups is 2. The number of hydrogen-bond donors (Lipinski definition) is 1. The summed E-state index contributed by atoms with van der Waals surface area (Å²) >= 11 is 1.72. The highest BCUT2D eigenvalue weighted by molar-refractivity contribution is 7.10. The van der Waals surface area contributed by atoms with Gasteiger partial charge in [-0.3, -0.25) is 14.5 Å². The fourth-order valence-corrected chi connectivity index (χ4v) is 7.97. The lowest BCUT2D eigenvalue weighted by Crippen LogP contribution is -2.45. The average molecular weight is 542 g/mol. The number of esters is 1. The molecule has 3 fully saturated rings. The Morgan fingerprint density at radius 1 is 1.05 bits per heavy atom. The van der Waals surface area contributed by atoms with E-state index in [9.17, 15) is 9.59 Å². The van der Waals surface area contributed by atoms with Gasteiger partial charge in [0.05, 0.1) is 19.1 Å². The van der Waals surface area contributed by atoms with Gasteiger partial charge in [-0.05, 0) is 76.2 Å². The highest BCUT2D eigenvalue weighted by atomic mass is 32.1. The summed E-state index contributed by atoms with van der Waals surface area (Å²) in [6.07, 6.45) is 8.68. The van der Waals surface area contributed by atoms with Crippen LogP contribution in [0.5, 0.6) is 0 Å². The van der Waals surface area contributed by atoms with E-state index < -0.39 is 0 Å². The molecule has 0 radical (unpaired) electrons. The second-order valence-corrected chi connectivity index (χ2v) is 12.8. The number of rotatable bonds is 9. The fraction of sp³-hybridized carbons (Fsp3) is 0.724. The first-order chi connectivity index (χ1) is 18.4. The van der Waals surface area contributed by atoms with Crippen molar-refractivity contribution in [2.75, 3.05) is 13.7 Å². The summed E-state index contributed by atoms with van der Waals surface area (Å²) in [6.45, 7) is 7.49. The number of fused-ring (bicyclic) bond motifs is 2. The number of methoxy groups -OCH3 is 1. The van der Waals surface area contributed by atoms with Crippen molar-refractivity contribution >= 4 is 23.2 Å². The van der Waals surface area contributed by atoms with Crippen LogP contribution < -0.4 is 5.32 Å². The maximum absolute atomic E-state index is 13.3. The third kappa shape index (κ3) is 5.69. The summed E-state index contributed by atoms with van der Waals surface area (Å²) in [5.74, 6) is 2.43. The molecule has 1 amide bonds. The number of aromatic nitrogens is 3. The molecule has 1 N–H and O–H groups in total. The number of aryl methyl sites for hydroxylation is 1. The van der Waals surface area contributed by atoms with Crippen LogP contribution in [-0.2, 0) is 14.3 Å². The first-order valence-electron chi connectivity index (χ1n) is 14.4. The molecule has 2 aromatic rings. The molecule has 1 aliphatic carbocycles. The van der Waals surface area contributed by atoms with Crippen LogP contribution in [0.15, 0.2) is 17.5 Å². The molecule has 2 bridgehead atoms. The number of nitrogens with one attached hydrogen (secondary N) is 1. The molecular weight excluding hydrogens is 498 g/mol. The van der Waals surface area contributed by atoms with Gasteiger partial charge in [0.25, 0.3) is 0 Å². The van der Waals surface area contributed by atoms with Crippen molar-refractivity contribution in [3.63, 3.8) is 0 Å². The maximum Gasteiger partial charge on any atom is 0.308 e. The van der Waals surface area contributed by atoms with E-state index in [1.807, 2.05) is 0 Å². The largest absolute Gasteiger partial charge is 0.469 e. The summed E-state index contributed by atoms with van der Waals surface area (Å²) in [5.41, 5.74) is 0. The molecular formula is C29H43N5O3S. The van der Waals surface area contributed by atoms with Gasteiger partial charge in [0.1, 0.15) is 11.6 Å². The van der Waals surface area contributed by atoms with E-state index in [1.54, 1.807) is 11.3 Å². The first-order valence-corrected chi connectivity index (χ1v) is 15.3. The third-order valence-corrected chi connectivity index (χ3v) is 10.1. The van der Waals surface area contributed by atoms with Gasteiger partial charge in [-0.2, -0.15) is 0 Å². The summed E-state index contributed by atoms with van der Waals surface area (Å²) < 4.78 is 7.32. The van der Waals surface area contributed by atoms with Crippen LogP contribution in [0.2, 0.25) is 0 Å². The van der Waals surface area contributed by atoms with Crippen molar-refractivity contribution in [1.82, 2.24) is 25.0 Å². The van der Waals surface area contributed by atoms with E-state index in [1.165, 1.54) is 24.8 Å². The van der Waals surface area contributed by atoms with E-state index in [-0.39, 0.29) is 29.8 Å². The Hall–Kier alpha value is -2.26. The molecule has 1 unspecified atom stereocenters. The molecule has 0 spiro atoms. The molecule has 9 heteroatoms. The van der Waals surface area contributed by atoms with E-state index in [2.05, 4.69) is 63.3 Å². The van der Waals surface area contributed by atoms with Gasteiger partial charge in [0, 0.05) is 41.4 Å². The van der Waals surface area contributed by atoms with Crippen molar-refractivity contribution in [1.29, 1.82) is 0 Å². The minimum atomic E-state index is -0.140. The minimum absolute atomic E-state index is 0.0209. The molecule has 5 rings (SSSR count). The number of piperidine rings is 1. The lowest BCUT2D eigenvalue weighted by Gasteiger charge is -2.40. The SMILES string of the molecule is COC(=O)C1CCC(C(=O)N[C@@H](CCN2[C@@H]3CC[C@H]2CC(n2c(C)nnc2C(C)C)C3)c2cccs2)CC1. The van der Waals surface area contributed by atoms with Crippen molar-refractivity contribution in [3.8, 4) is 0 Å². The van der Waals surface area contributed by atoms with Gasteiger partial charge in [-0.1, -0.05) is 19.9 Å². The van der Waals surface area contributed by atoms with Crippen molar-refractivity contribution in [3.05, 3.63) is 34.0 Å². The number of ether oxygens (including phenoxy) is 1. The number of thiophene rings is 1. The molecule has 4 heterocycles. The first kappa shape index (κ1) is 27.3. The van der Waals surface area contributed by atoms with Gasteiger partial charge in [-0.25, -0.2) is 0 Å². The highest BCUT2D eigenvalue weighted by Gasteiger charge is 2.42. The Morgan fingerprint density at radius 2 is 1.74 bits per heavy atom. The number of carbonyl (C=O) groups excluding carboxylic acids is 2. The van der Waals surface area contributed by atoms with Gasteiger partial charge in [0.2, 0.25) is 5.91 Å². The van der Waals surface area contributed by atoms with Crippen molar-refractivity contribution < 1.29 is 14.3 Å². The minimum Gasteiger partial charge on any atom is -0.469 e. The summed E-state index contributed by atoms with van der Waals surface area (Å²) in [6, 6.07) is 5.88. The van der Waals surface area contributed by atoms with Crippen LogP contribution in [0.3, 0.4) is 0 Å². The smallest absolute Gasteiger partial charge is 0.308 e. The van der Waals surface area contributed by atoms with E-state index >= 15 is 0 Å². The molecule has 2 aromatic heterocycles. The predicted octanol–water partition coefficient (Wildman–Crippen LogP) is 5.17. The normalized spacial score (nSPS) is 28.4. The predicted molar refractivity (Wildman–Crippen MR) is 148 cm³/mol. The lowest BCUT2D eigenvalue weighted by atomic mass is 9.81. The van der Waals surface area contributed by atoms with Gasteiger partial charge in [0.15, 0.2) is 0 Å². The van der Waals surface area contributed by atoms with Gasteiger partial charge >= 0.3 is 5.97 Å². The molecule has 1 saturated carbocycles. The van der Waals surface area contributed by atoms with Crippen LogP contribution in [0, 0.1) is 18.8 Å². The third-order valence-electron chi connectivity index (χ3n) is 9.15. The van der Waals surface area contributed by atoms with Crippen molar-refractivity contribution in [2.45, 2.75) is 109 Å². The zero-order valence-electron chi connectivity index (χ0n) is 23.3. The highest BCUT2D eigenvalue weighted by Crippen LogP contribution is 2.42. The Morgan fingerprint density at radius 3 is 2.34 bits per heavy atom. The summed E-state index contributed by atoms with van der Waals surface area (Å²) in [5, 5.41) is 14.4. The standard InChI is InChI=1S/C29H43N5O3S/c1-18(2)27-32-31-19(3)34(27)24-16-22-11-12-23(17-24)33(22)14-13-25(26-6-5-15-38-26)30-28(35)20-7-9-21(10-8-20)29(36)37-4/h5-6,15,18,20-25H,7-14,16-17H2,1-4H3,(H,30,35)/t20?,21?,22-,23+,24?,25-/m0/s1. The van der Waals surface area contributed by atoms with Gasteiger partial charge in [-0.15, -0.1) is 21.5 Å². The van der Waals surface area contributed by atoms with Crippen molar-refractivity contribution in [2.24, 2.45) is 11.8 Å². The Labute approximate surface area is 230 Å². The number of hydrogen-bond acceptors (Lipinski definition) is 7. The molecule has 208 valence electrons. The molecule has 8 nitrogen and oxygen atoms in total. The second-order valence-electron chi connectivity index (χ2n) is 11.8. The molecule has 2 aliphatic heterocycles. The second kappa shape index (κ2) is 11.9. The van der Waals surface area contributed by atoms with Crippen LogP contribution in [-0.4, -0.2) is 57.3 Å². The fourth-order valence-electron chi connectivity index (χ4n) is 7.15. The molecule has 0 aromatic carbocycles. The quantitative estimate of drug-likeness (QED) is 0.441. The lowest BCUT2D eigenvalue weighted by molar-refractivity contribution is -0.147. The molecule has 38 heavy (non-hydrogen) atoms. The summed E-state index contributed by atoms with van der Waals surface area (Å²) in [4.78, 5) is 29.1. The number of amides is 1. The molecule has 3 aliphatic rings. The average Bonchev–Trinajstić information content (AvgIpc) is 3.64. The maximum atomic E-state index is 13.3. The van der Waals surface area contributed by atoms with Gasteiger partial charge < -0.3 is 14.6 Å². The number of nitrogens with zero attached hydrogens (tertiary/aromatic N) is 4. The van der Waals surface area contributed by atoms with Crippen LogP contribution >= 0.6 is 11.3 Å². The summed E-state index contributed by atoms with van der Waals surface area (Å²) in [7, 11) is 1.44. The van der Waals surface area contributed by atoms with Crippen LogP contribution in [0.4, 0.5) is 0 Å². The monoisotopic (exact) mass is 541 g/mol. The van der Waals surface area contributed by atoms with Crippen LogP contribution in [0.1, 0.15) is 106 Å². The molecule has 4 atom stereocenters. The molecule has 2 saturated heterocycles. The van der Waals surface area contributed by atoms with Crippen LogP contribution in [0.25, 0.3) is 0 Å². The Bertz CT molecular complexity index is 1080.